The standard InChI is InChI=1S/C11H18N2O4.C4H10/c1-9(13-8-17-7-11(13)15)2-3-12-4-5-16-6-10(12)14;1-3-4-2/h9H,2-8H2,1H3;3-4H2,1-2H3. The second-order valence-electron chi connectivity index (χ2n) is 5.41. The third kappa shape index (κ3) is 6.01. The van der Waals surface area contributed by atoms with Crippen molar-refractivity contribution < 1.29 is 19.1 Å². The summed E-state index contributed by atoms with van der Waals surface area (Å²) in [6.07, 6.45) is 3.42. The molecule has 2 fully saturated rings. The highest BCUT2D eigenvalue weighted by Gasteiger charge is 2.27. The maximum absolute atomic E-state index is 11.5. The molecular formula is C15H28N2O4. The van der Waals surface area contributed by atoms with E-state index in [2.05, 4.69) is 13.8 Å². The number of rotatable bonds is 5. The lowest BCUT2D eigenvalue weighted by atomic mass is 10.2. The zero-order valence-corrected chi connectivity index (χ0v) is 13.5. The van der Waals surface area contributed by atoms with Crippen LogP contribution in [-0.2, 0) is 19.1 Å². The molecule has 0 aromatic rings. The van der Waals surface area contributed by atoms with E-state index in [-0.39, 0.29) is 31.1 Å². The fourth-order valence-corrected chi connectivity index (χ4v) is 2.04. The van der Waals surface area contributed by atoms with Crippen LogP contribution in [0, 0.1) is 0 Å². The van der Waals surface area contributed by atoms with Crippen LogP contribution in [0.3, 0.4) is 0 Å². The summed E-state index contributed by atoms with van der Waals surface area (Å²) in [6, 6.07) is 0.112. The van der Waals surface area contributed by atoms with Crippen molar-refractivity contribution in [2.75, 3.05) is 39.6 Å². The number of ether oxygens (including phenoxy) is 2. The van der Waals surface area contributed by atoms with Crippen LogP contribution in [0.4, 0.5) is 0 Å². The van der Waals surface area contributed by atoms with Gasteiger partial charge < -0.3 is 19.3 Å². The van der Waals surface area contributed by atoms with Gasteiger partial charge in [0, 0.05) is 19.1 Å². The Bertz CT molecular complexity index is 334. The van der Waals surface area contributed by atoms with Gasteiger partial charge in [-0.25, -0.2) is 0 Å². The summed E-state index contributed by atoms with van der Waals surface area (Å²) in [5.41, 5.74) is 0. The number of nitrogens with zero attached hydrogens (tertiary/aromatic N) is 2. The molecule has 0 bridgehead atoms. The average Bonchev–Trinajstić information content (AvgIpc) is 2.92. The molecule has 1 atom stereocenters. The molecule has 0 spiro atoms. The minimum atomic E-state index is 0.0332. The Morgan fingerprint density at radius 2 is 1.76 bits per heavy atom. The second kappa shape index (κ2) is 9.73. The Balaban J connectivity index is 0.000000491. The lowest BCUT2D eigenvalue weighted by molar-refractivity contribution is -0.142. The molecule has 2 amide bonds. The van der Waals surface area contributed by atoms with Crippen LogP contribution in [0.1, 0.15) is 40.0 Å². The first-order valence-electron chi connectivity index (χ1n) is 7.82. The predicted octanol–water partition coefficient (Wildman–Crippen LogP) is 1.25. The van der Waals surface area contributed by atoms with Crippen LogP contribution in [0.25, 0.3) is 0 Å². The fourth-order valence-electron chi connectivity index (χ4n) is 2.04. The molecule has 2 aliphatic rings. The van der Waals surface area contributed by atoms with E-state index in [1.165, 1.54) is 12.8 Å². The minimum Gasteiger partial charge on any atom is -0.370 e. The van der Waals surface area contributed by atoms with Gasteiger partial charge in [-0.2, -0.15) is 0 Å². The summed E-state index contributed by atoms with van der Waals surface area (Å²) in [5.74, 6) is 0.0678. The van der Waals surface area contributed by atoms with Crippen molar-refractivity contribution in [1.29, 1.82) is 0 Å². The summed E-state index contributed by atoms with van der Waals surface area (Å²) in [5, 5.41) is 0. The summed E-state index contributed by atoms with van der Waals surface area (Å²) in [7, 11) is 0. The Labute approximate surface area is 127 Å². The Morgan fingerprint density at radius 1 is 1.10 bits per heavy atom. The number of hydrogen-bond acceptors (Lipinski definition) is 4. The molecule has 2 saturated heterocycles. The highest BCUT2D eigenvalue weighted by Crippen LogP contribution is 2.11. The van der Waals surface area contributed by atoms with Crippen molar-refractivity contribution in [3.63, 3.8) is 0 Å². The number of amides is 2. The third-order valence-corrected chi connectivity index (χ3v) is 3.71. The quantitative estimate of drug-likeness (QED) is 0.766. The van der Waals surface area contributed by atoms with Gasteiger partial charge in [0.2, 0.25) is 5.91 Å². The van der Waals surface area contributed by atoms with Crippen LogP contribution in [0.5, 0.6) is 0 Å². The van der Waals surface area contributed by atoms with E-state index >= 15 is 0 Å². The fraction of sp³-hybridized carbons (Fsp3) is 0.867. The second-order valence-corrected chi connectivity index (χ2v) is 5.41. The molecular weight excluding hydrogens is 272 g/mol. The van der Waals surface area contributed by atoms with Crippen molar-refractivity contribution >= 4 is 11.8 Å². The van der Waals surface area contributed by atoms with Crippen LogP contribution in [0.2, 0.25) is 0 Å². The molecule has 2 rings (SSSR count). The molecule has 0 aromatic carbocycles. The van der Waals surface area contributed by atoms with Gasteiger partial charge >= 0.3 is 0 Å². The van der Waals surface area contributed by atoms with E-state index in [1.54, 1.807) is 9.80 Å². The molecule has 6 nitrogen and oxygen atoms in total. The number of carbonyl (C=O) groups is 2. The number of morpholine rings is 1. The third-order valence-electron chi connectivity index (χ3n) is 3.71. The monoisotopic (exact) mass is 300 g/mol. The molecule has 0 N–H and O–H groups in total. The SMILES string of the molecule is CC(CCN1CCOCC1=O)N1COCC1=O.CCCC. The summed E-state index contributed by atoms with van der Waals surface area (Å²) in [4.78, 5) is 26.4. The van der Waals surface area contributed by atoms with Gasteiger partial charge in [0.25, 0.3) is 5.91 Å². The molecule has 2 aliphatic heterocycles. The van der Waals surface area contributed by atoms with E-state index in [1.807, 2.05) is 6.92 Å². The molecule has 122 valence electrons. The zero-order valence-electron chi connectivity index (χ0n) is 13.5. The molecule has 6 heteroatoms. The van der Waals surface area contributed by atoms with E-state index in [0.717, 1.165) is 6.42 Å². The van der Waals surface area contributed by atoms with Gasteiger partial charge in [-0.1, -0.05) is 26.7 Å². The van der Waals surface area contributed by atoms with Gasteiger partial charge in [-0.3, -0.25) is 9.59 Å². The van der Waals surface area contributed by atoms with Crippen LogP contribution < -0.4 is 0 Å². The van der Waals surface area contributed by atoms with Crippen LogP contribution in [-0.4, -0.2) is 67.3 Å². The number of hydrogen-bond donors (Lipinski definition) is 0. The van der Waals surface area contributed by atoms with Gasteiger partial charge in [-0.05, 0) is 13.3 Å². The molecule has 0 aromatic heterocycles. The van der Waals surface area contributed by atoms with Crippen LogP contribution >= 0.6 is 0 Å². The van der Waals surface area contributed by atoms with Gasteiger partial charge in [0.05, 0.1) is 6.61 Å². The van der Waals surface area contributed by atoms with Crippen molar-refractivity contribution in [1.82, 2.24) is 9.80 Å². The number of carbonyl (C=O) groups excluding carboxylic acids is 2. The Morgan fingerprint density at radius 3 is 2.29 bits per heavy atom. The summed E-state index contributed by atoms with van der Waals surface area (Å²) < 4.78 is 10.1. The lowest BCUT2D eigenvalue weighted by Crippen LogP contribution is -2.44. The molecule has 21 heavy (non-hydrogen) atoms. The van der Waals surface area contributed by atoms with Crippen LogP contribution in [0.15, 0.2) is 0 Å². The van der Waals surface area contributed by atoms with Crippen molar-refractivity contribution in [2.24, 2.45) is 0 Å². The maximum atomic E-state index is 11.5. The molecule has 1 unspecified atom stereocenters. The largest absolute Gasteiger partial charge is 0.370 e. The first kappa shape index (κ1) is 17.9. The highest BCUT2D eigenvalue weighted by atomic mass is 16.5. The minimum absolute atomic E-state index is 0.0332. The zero-order chi connectivity index (χ0) is 15.7. The van der Waals surface area contributed by atoms with Crippen molar-refractivity contribution in [3.05, 3.63) is 0 Å². The molecule has 0 saturated carbocycles. The van der Waals surface area contributed by atoms with E-state index < -0.39 is 0 Å². The van der Waals surface area contributed by atoms with E-state index in [4.69, 9.17) is 9.47 Å². The number of unbranched alkanes of at least 4 members (excludes halogenated alkanes) is 1. The molecule has 0 radical (unpaired) electrons. The summed E-state index contributed by atoms with van der Waals surface area (Å²) >= 11 is 0. The topological polar surface area (TPSA) is 59.1 Å². The van der Waals surface area contributed by atoms with Crippen molar-refractivity contribution in [3.8, 4) is 0 Å². The molecule has 0 aliphatic carbocycles. The first-order chi connectivity index (χ1) is 10.1. The first-order valence-corrected chi connectivity index (χ1v) is 7.82. The lowest BCUT2D eigenvalue weighted by Gasteiger charge is -2.29. The highest BCUT2D eigenvalue weighted by molar-refractivity contribution is 5.79. The average molecular weight is 300 g/mol. The predicted molar refractivity (Wildman–Crippen MR) is 79.7 cm³/mol. The molecule has 2 heterocycles. The van der Waals surface area contributed by atoms with Gasteiger partial charge in [-0.15, -0.1) is 0 Å². The van der Waals surface area contributed by atoms with E-state index in [0.29, 0.717) is 26.4 Å². The Hall–Kier alpha value is -1.14. The van der Waals surface area contributed by atoms with Gasteiger partial charge in [0.1, 0.15) is 19.9 Å². The smallest absolute Gasteiger partial charge is 0.250 e. The Kier molecular flexibility index (Phi) is 8.30. The van der Waals surface area contributed by atoms with Crippen molar-refractivity contribution in [2.45, 2.75) is 46.1 Å². The van der Waals surface area contributed by atoms with Gasteiger partial charge in [0.15, 0.2) is 0 Å². The maximum Gasteiger partial charge on any atom is 0.250 e. The normalized spacial score (nSPS) is 20.3. The van der Waals surface area contributed by atoms with E-state index in [9.17, 15) is 9.59 Å². The summed E-state index contributed by atoms with van der Waals surface area (Å²) in [6.45, 7) is 9.00.